The van der Waals surface area contributed by atoms with E-state index in [1.807, 2.05) is 54.1 Å². The van der Waals surface area contributed by atoms with Crippen LogP contribution >= 0.6 is 0 Å². The summed E-state index contributed by atoms with van der Waals surface area (Å²) in [6.45, 7) is 2.51. The van der Waals surface area contributed by atoms with Crippen molar-refractivity contribution in [3.63, 3.8) is 0 Å². The molecule has 4 rings (SSSR count). The normalized spacial score (nSPS) is 17.0. The van der Waals surface area contributed by atoms with Crippen LogP contribution in [0.4, 0.5) is 5.69 Å². The highest BCUT2D eigenvalue weighted by atomic mass is 16.2. The molecule has 0 bridgehead atoms. The summed E-state index contributed by atoms with van der Waals surface area (Å²) in [4.78, 5) is 28.9. The first kappa shape index (κ1) is 17.8. The predicted molar refractivity (Wildman–Crippen MR) is 107 cm³/mol. The van der Waals surface area contributed by atoms with E-state index in [0.29, 0.717) is 17.8 Å². The molecule has 1 aliphatic rings. The van der Waals surface area contributed by atoms with Crippen LogP contribution in [-0.2, 0) is 16.1 Å². The lowest BCUT2D eigenvalue weighted by Crippen LogP contribution is -2.57. The molecule has 0 radical (unpaired) electrons. The van der Waals surface area contributed by atoms with E-state index in [0.717, 1.165) is 10.9 Å². The molecule has 6 heteroatoms. The van der Waals surface area contributed by atoms with E-state index >= 15 is 0 Å². The number of aromatic nitrogens is 1. The summed E-state index contributed by atoms with van der Waals surface area (Å²) in [5, 5.41) is 10.4. The topological polar surface area (TPSA) is 69.3 Å². The van der Waals surface area contributed by atoms with Gasteiger partial charge >= 0.3 is 0 Å². The monoisotopic (exact) mass is 372 g/mol. The fraction of sp³-hybridized carbons (Fsp3) is 0.227. The smallest absolute Gasteiger partial charge is 0.246 e. The molecule has 0 N–H and O–H groups in total. The van der Waals surface area contributed by atoms with Gasteiger partial charge in [0.15, 0.2) is 0 Å². The average Bonchev–Trinajstić information content (AvgIpc) is 3.12. The zero-order chi connectivity index (χ0) is 19.7. The molecule has 3 aromatic rings. The van der Waals surface area contributed by atoms with Crippen LogP contribution in [0, 0.1) is 11.3 Å². The first-order valence-electron chi connectivity index (χ1n) is 9.21. The summed E-state index contributed by atoms with van der Waals surface area (Å²) >= 11 is 0. The second kappa shape index (κ2) is 7.20. The number of nitriles is 1. The van der Waals surface area contributed by atoms with Gasteiger partial charge in [-0.05, 0) is 36.6 Å². The van der Waals surface area contributed by atoms with E-state index in [-0.39, 0.29) is 30.9 Å². The molecule has 1 aliphatic heterocycles. The number of benzene rings is 2. The van der Waals surface area contributed by atoms with E-state index in [9.17, 15) is 14.9 Å². The van der Waals surface area contributed by atoms with Gasteiger partial charge in [0.05, 0.1) is 11.3 Å². The molecule has 28 heavy (non-hydrogen) atoms. The lowest BCUT2D eigenvalue weighted by Gasteiger charge is -2.39. The number of piperazine rings is 1. The zero-order valence-corrected chi connectivity index (χ0v) is 15.6. The Hall–Kier alpha value is -3.59. The molecule has 1 saturated heterocycles. The van der Waals surface area contributed by atoms with Gasteiger partial charge in [0.2, 0.25) is 11.8 Å². The summed E-state index contributed by atoms with van der Waals surface area (Å²) in [6, 6.07) is 18.9. The fourth-order valence-electron chi connectivity index (χ4n) is 3.74. The Morgan fingerprint density at radius 3 is 2.71 bits per heavy atom. The summed E-state index contributed by atoms with van der Waals surface area (Å²) in [5.41, 5.74) is 2.06. The number of carbonyl (C=O) groups is 2. The molecular weight excluding hydrogens is 352 g/mol. The number of amides is 2. The third kappa shape index (κ3) is 3.12. The summed E-state index contributed by atoms with van der Waals surface area (Å²) in [6.07, 6.45) is 1.90. The molecule has 1 fully saturated rings. The highest BCUT2D eigenvalue weighted by Gasteiger charge is 2.34. The minimum Gasteiger partial charge on any atom is -0.338 e. The fourth-order valence-corrected chi connectivity index (χ4v) is 3.74. The first-order valence-corrected chi connectivity index (χ1v) is 9.21. The van der Waals surface area contributed by atoms with Crippen molar-refractivity contribution in [1.82, 2.24) is 9.47 Å². The van der Waals surface area contributed by atoms with E-state index in [1.54, 1.807) is 28.0 Å². The molecule has 6 nitrogen and oxygen atoms in total. The van der Waals surface area contributed by atoms with Crippen LogP contribution in [0.1, 0.15) is 12.5 Å². The molecule has 1 atom stereocenters. The lowest BCUT2D eigenvalue weighted by molar-refractivity contribution is -0.139. The van der Waals surface area contributed by atoms with Gasteiger partial charge in [-0.3, -0.25) is 9.59 Å². The Balaban J connectivity index is 1.52. The van der Waals surface area contributed by atoms with Gasteiger partial charge in [-0.2, -0.15) is 5.26 Å². The maximum Gasteiger partial charge on any atom is 0.246 e. The standard InChI is InChI=1S/C22H20N4O2/c1-16-13-26(20-9-5-3-7-18(20)12-23)22(28)15-25(16)21(27)14-24-11-10-17-6-2-4-8-19(17)24/h2-11,16H,13-15H2,1H3/t16-/m0/s1. The highest BCUT2D eigenvalue weighted by molar-refractivity contribution is 5.99. The Morgan fingerprint density at radius 2 is 1.89 bits per heavy atom. The van der Waals surface area contributed by atoms with Gasteiger partial charge in [-0.1, -0.05) is 30.3 Å². The number of hydrogen-bond acceptors (Lipinski definition) is 3. The number of para-hydroxylation sites is 2. The van der Waals surface area contributed by atoms with E-state index in [2.05, 4.69) is 6.07 Å². The SMILES string of the molecule is C[C@H]1CN(c2ccccc2C#N)C(=O)CN1C(=O)Cn1ccc2ccccc21. The van der Waals surface area contributed by atoms with Crippen molar-refractivity contribution in [3.8, 4) is 6.07 Å². The molecule has 2 amide bonds. The van der Waals surface area contributed by atoms with Crippen molar-refractivity contribution in [2.45, 2.75) is 19.5 Å². The summed E-state index contributed by atoms with van der Waals surface area (Å²) in [7, 11) is 0. The van der Waals surface area contributed by atoms with Crippen molar-refractivity contribution in [2.75, 3.05) is 18.0 Å². The molecule has 140 valence electrons. The van der Waals surface area contributed by atoms with Gasteiger partial charge in [0.1, 0.15) is 19.2 Å². The number of carbonyl (C=O) groups excluding carboxylic acids is 2. The van der Waals surface area contributed by atoms with Gasteiger partial charge in [0.25, 0.3) is 0 Å². The van der Waals surface area contributed by atoms with Crippen LogP contribution in [-0.4, -0.2) is 40.4 Å². The van der Waals surface area contributed by atoms with Crippen molar-refractivity contribution in [2.24, 2.45) is 0 Å². The van der Waals surface area contributed by atoms with Crippen LogP contribution < -0.4 is 4.90 Å². The number of fused-ring (bicyclic) bond motifs is 1. The summed E-state index contributed by atoms with van der Waals surface area (Å²) in [5.74, 6) is -0.262. The Bertz CT molecular complexity index is 1100. The largest absolute Gasteiger partial charge is 0.338 e. The van der Waals surface area contributed by atoms with Crippen molar-refractivity contribution in [1.29, 1.82) is 5.26 Å². The molecule has 1 aromatic heterocycles. The zero-order valence-electron chi connectivity index (χ0n) is 15.6. The Labute approximate surface area is 163 Å². The summed E-state index contributed by atoms with van der Waals surface area (Å²) < 4.78 is 1.91. The second-order valence-corrected chi connectivity index (χ2v) is 7.01. The molecule has 2 aromatic carbocycles. The first-order chi connectivity index (χ1) is 13.6. The maximum atomic E-state index is 12.9. The van der Waals surface area contributed by atoms with Crippen molar-refractivity contribution in [3.05, 3.63) is 66.4 Å². The predicted octanol–water partition coefficient (Wildman–Crippen LogP) is 2.78. The third-order valence-electron chi connectivity index (χ3n) is 5.21. The van der Waals surface area contributed by atoms with Crippen LogP contribution in [0.5, 0.6) is 0 Å². The molecule has 0 aliphatic carbocycles. The molecule has 0 saturated carbocycles. The van der Waals surface area contributed by atoms with Crippen LogP contribution in [0.2, 0.25) is 0 Å². The minimum absolute atomic E-state index is 0.0129. The van der Waals surface area contributed by atoms with Gasteiger partial charge in [-0.15, -0.1) is 0 Å². The Morgan fingerprint density at radius 1 is 1.14 bits per heavy atom. The number of rotatable bonds is 3. The third-order valence-corrected chi connectivity index (χ3v) is 5.21. The molecule has 0 unspecified atom stereocenters. The second-order valence-electron chi connectivity index (χ2n) is 7.01. The number of nitrogens with zero attached hydrogens (tertiary/aromatic N) is 4. The van der Waals surface area contributed by atoms with Crippen molar-refractivity contribution < 1.29 is 9.59 Å². The van der Waals surface area contributed by atoms with Crippen LogP contribution in [0.15, 0.2) is 60.8 Å². The lowest BCUT2D eigenvalue weighted by atomic mass is 10.1. The van der Waals surface area contributed by atoms with Gasteiger partial charge < -0.3 is 14.4 Å². The molecule has 2 heterocycles. The highest BCUT2D eigenvalue weighted by Crippen LogP contribution is 2.24. The average molecular weight is 372 g/mol. The van der Waals surface area contributed by atoms with E-state index in [4.69, 9.17) is 0 Å². The molecular formula is C22H20N4O2. The van der Waals surface area contributed by atoms with Crippen LogP contribution in [0.25, 0.3) is 10.9 Å². The number of anilines is 1. The van der Waals surface area contributed by atoms with Gasteiger partial charge in [-0.25, -0.2) is 0 Å². The number of hydrogen-bond donors (Lipinski definition) is 0. The molecule has 0 spiro atoms. The Kier molecular flexibility index (Phi) is 4.58. The van der Waals surface area contributed by atoms with Gasteiger partial charge in [0, 0.05) is 24.3 Å². The van der Waals surface area contributed by atoms with E-state index < -0.39 is 0 Å². The maximum absolute atomic E-state index is 12.9. The minimum atomic E-state index is -0.175. The van der Waals surface area contributed by atoms with E-state index in [1.165, 1.54) is 0 Å². The van der Waals surface area contributed by atoms with Crippen molar-refractivity contribution >= 4 is 28.4 Å². The quantitative estimate of drug-likeness (QED) is 0.710. The van der Waals surface area contributed by atoms with Crippen LogP contribution in [0.3, 0.4) is 0 Å².